The van der Waals surface area contributed by atoms with E-state index in [1.807, 2.05) is 45.9 Å². The first-order valence-corrected chi connectivity index (χ1v) is 5.95. The number of benzene rings is 1. The van der Waals surface area contributed by atoms with Gasteiger partial charge in [0.2, 0.25) is 5.91 Å². The van der Waals surface area contributed by atoms with Crippen molar-refractivity contribution >= 4 is 11.6 Å². The van der Waals surface area contributed by atoms with Gasteiger partial charge in [0.1, 0.15) is 0 Å². The predicted molar refractivity (Wildman–Crippen MR) is 75.2 cm³/mol. The van der Waals surface area contributed by atoms with Crippen molar-refractivity contribution in [2.24, 2.45) is 11.1 Å². The normalized spacial score (nSPS) is 10.5. The van der Waals surface area contributed by atoms with Crippen LogP contribution in [0.15, 0.2) is 18.2 Å². The highest BCUT2D eigenvalue weighted by atomic mass is 16.2. The van der Waals surface area contributed by atoms with Crippen LogP contribution in [0.25, 0.3) is 0 Å². The number of nitrogens with one attached hydrogen (secondary N) is 1. The molecule has 1 rings (SSSR count). The number of nitrogens with two attached hydrogens (primary N) is 1. The molecular weight excluding hydrogens is 224 g/mol. The monoisotopic (exact) mass is 244 g/mol. The fourth-order valence-electron chi connectivity index (χ4n) is 1.34. The number of hydrogen-bond donors (Lipinski definition) is 2. The fourth-order valence-corrected chi connectivity index (χ4v) is 1.34. The third-order valence-electron chi connectivity index (χ3n) is 2.49. The average Bonchev–Trinajstić information content (AvgIpc) is 2.28. The van der Waals surface area contributed by atoms with Gasteiger partial charge in [0, 0.05) is 16.7 Å². The number of rotatable bonds is 1. The van der Waals surface area contributed by atoms with E-state index in [0.717, 1.165) is 16.8 Å². The molecule has 1 aromatic rings. The quantitative estimate of drug-likeness (QED) is 0.745. The van der Waals surface area contributed by atoms with Crippen molar-refractivity contribution in [1.82, 2.24) is 0 Å². The molecule has 3 nitrogen and oxygen atoms in total. The van der Waals surface area contributed by atoms with Crippen LogP contribution >= 0.6 is 0 Å². The third-order valence-corrected chi connectivity index (χ3v) is 2.49. The van der Waals surface area contributed by atoms with Crippen LogP contribution in [0.4, 0.5) is 5.69 Å². The molecule has 0 saturated heterocycles. The van der Waals surface area contributed by atoms with Gasteiger partial charge in [0.25, 0.3) is 0 Å². The van der Waals surface area contributed by atoms with E-state index in [2.05, 4.69) is 17.2 Å². The van der Waals surface area contributed by atoms with Crippen molar-refractivity contribution in [3.63, 3.8) is 0 Å². The van der Waals surface area contributed by atoms with Gasteiger partial charge in [-0.3, -0.25) is 4.79 Å². The van der Waals surface area contributed by atoms with Crippen LogP contribution in [0, 0.1) is 24.2 Å². The second-order valence-corrected chi connectivity index (χ2v) is 5.24. The van der Waals surface area contributed by atoms with Crippen LogP contribution in [0.1, 0.15) is 31.9 Å². The molecule has 96 valence electrons. The number of carbonyl (C=O) groups excluding carboxylic acids is 1. The first kappa shape index (κ1) is 14.3. The van der Waals surface area contributed by atoms with E-state index in [1.54, 1.807) is 0 Å². The number of aryl methyl sites for hydroxylation is 1. The Morgan fingerprint density at radius 2 is 2.06 bits per heavy atom. The van der Waals surface area contributed by atoms with E-state index in [1.165, 1.54) is 0 Å². The Balaban J connectivity index is 2.90. The topological polar surface area (TPSA) is 55.1 Å². The van der Waals surface area contributed by atoms with Gasteiger partial charge in [0.15, 0.2) is 0 Å². The first-order chi connectivity index (χ1) is 8.34. The van der Waals surface area contributed by atoms with Crippen LogP contribution < -0.4 is 11.1 Å². The predicted octanol–water partition coefficient (Wildman–Crippen LogP) is 2.29. The van der Waals surface area contributed by atoms with E-state index >= 15 is 0 Å². The second kappa shape index (κ2) is 5.70. The Hall–Kier alpha value is -1.79. The molecule has 0 aliphatic heterocycles. The maximum absolute atomic E-state index is 11.9. The van der Waals surface area contributed by atoms with Crippen molar-refractivity contribution in [3.05, 3.63) is 29.3 Å². The van der Waals surface area contributed by atoms with Crippen LogP contribution in [0.3, 0.4) is 0 Å². The molecule has 3 N–H and O–H groups in total. The summed E-state index contributed by atoms with van der Waals surface area (Å²) in [6, 6.07) is 5.70. The summed E-state index contributed by atoms with van der Waals surface area (Å²) in [6.07, 6.45) is 0. The van der Waals surface area contributed by atoms with E-state index in [-0.39, 0.29) is 5.91 Å². The van der Waals surface area contributed by atoms with Crippen molar-refractivity contribution < 1.29 is 4.79 Å². The van der Waals surface area contributed by atoms with Gasteiger partial charge in [-0.1, -0.05) is 32.6 Å². The van der Waals surface area contributed by atoms with Crippen LogP contribution in [0.2, 0.25) is 0 Å². The molecule has 3 heteroatoms. The molecule has 0 heterocycles. The molecule has 1 aromatic carbocycles. The Morgan fingerprint density at radius 3 is 2.56 bits per heavy atom. The summed E-state index contributed by atoms with van der Waals surface area (Å²) < 4.78 is 0. The summed E-state index contributed by atoms with van der Waals surface area (Å²) in [4.78, 5) is 11.9. The second-order valence-electron chi connectivity index (χ2n) is 5.24. The minimum absolute atomic E-state index is 0.00592. The number of carbonyl (C=O) groups is 1. The van der Waals surface area contributed by atoms with Crippen molar-refractivity contribution in [2.45, 2.75) is 27.7 Å². The molecular formula is C15H20N2O. The zero-order valence-corrected chi connectivity index (χ0v) is 11.4. The van der Waals surface area contributed by atoms with E-state index in [0.29, 0.717) is 6.54 Å². The van der Waals surface area contributed by atoms with Gasteiger partial charge in [0.05, 0.1) is 6.54 Å². The third kappa shape index (κ3) is 3.90. The standard InChI is InChI=1S/C15H20N2O/c1-11-10-12(6-5-9-16)7-8-13(11)17-14(18)15(2,3)4/h7-8,10H,9,16H2,1-4H3,(H,17,18). The SMILES string of the molecule is Cc1cc(C#CCN)ccc1NC(=O)C(C)(C)C. The van der Waals surface area contributed by atoms with Crippen molar-refractivity contribution in [2.75, 3.05) is 11.9 Å². The highest BCUT2D eigenvalue weighted by Gasteiger charge is 2.21. The highest BCUT2D eigenvalue weighted by Crippen LogP contribution is 2.20. The maximum Gasteiger partial charge on any atom is 0.229 e. The maximum atomic E-state index is 11.9. The Kier molecular flexibility index (Phi) is 4.52. The largest absolute Gasteiger partial charge is 0.325 e. The summed E-state index contributed by atoms with van der Waals surface area (Å²) in [5.41, 5.74) is 7.66. The van der Waals surface area contributed by atoms with Crippen LogP contribution in [0.5, 0.6) is 0 Å². The van der Waals surface area contributed by atoms with E-state index < -0.39 is 5.41 Å². The fraction of sp³-hybridized carbons (Fsp3) is 0.400. The summed E-state index contributed by atoms with van der Waals surface area (Å²) in [5, 5.41) is 2.92. The van der Waals surface area contributed by atoms with Crippen molar-refractivity contribution in [3.8, 4) is 11.8 Å². The lowest BCUT2D eigenvalue weighted by Crippen LogP contribution is -2.27. The Morgan fingerprint density at radius 1 is 1.39 bits per heavy atom. The van der Waals surface area contributed by atoms with Gasteiger partial charge in [-0.2, -0.15) is 0 Å². The summed E-state index contributed by atoms with van der Waals surface area (Å²) in [7, 11) is 0. The molecule has 0 aliphatic carbocycles. The van der Waals surface area contributed by atoms with Crippen molar-refractivity contribution in [1.29, 1.82) is 0 Å². The molecule has 0 unspecified atom stereocenters. The molecule has 1 amide bonds. The van der Waals surface area contributed by atoms with E-state index in [9.17, 15) is 4.79 Å². The molecule has 0 radical (unpaired) electrons. The van der Waals surface area contributed by atoms with Gasteiger partial charge in [-0.15, -0.1) is 0 Å². The van der Waals surface area contributed by atoms with E-state index in [4.69, 9.17) is 5.73 Å². The lowest BCUT2D eigenvalue weighted by atomic mass is 9.95. The van der Waals surface area contributed by atoms with Gasteiger partial charge >= 0.3 is 0 Å². The minimum Gasteiger partial charge on any atom is -0.325 e. The summed E-state index contributed by atoms with van der Waals surface area (Å²) in [6.45, 7) is 7.96. The van der Waals surface area contributed by atoms with Crippen LogP contribution in [-0.4, -0.2) is 12.5 Å². The lowest BCUT2D eigenvalue weighted by Gasteiger charge is -2.18. The summed E-state index contributed by atoms with van der Waals surface area (Å²) in [5.74, 6) is 5.78. The van der Waals surface area contributed by atoms with Crippen LogP contribution in [-0.2, 0) is 4.79 Å². The zero-order chi connectivity index (χ0) is 13.8. The molecule has 18 heavy (non-hydrogen) atoms. The number of hydrogen-bond acceptors (Lipinski definition) is 2. The first-order valence-electron chi connectivity index (χ1n) is 5.95. The van der Waals surface area contributed by atoms with Gasteiger partial charge in [-0.05, 0) is 30.7 Å². The Labute approximate surface area is 109 Å². The minimum atomic E-state index is -0.398. The molecule has 0 fully saturated rings. The Bertz CT molecular complexity index is 501. The molecule has 0 aromatic heterocycles. The van der Waals surface area contributed by atoms with Gasteiger partial charge in [-0.25, -0.2) is 0 Å². The molecule has 0 spiro atoms. The summed E-state index contributed by atoms with van der Waals surface area (Å²) >= 11 is 0. The van der Waals surface area contributed by atoms with Gasteiger partial charge < -0.3 is 11.1 Å². The smallest absolute Gasteiger partial charge is 0.229 e. The highest BCUT2D eigenvalue weighted by molar-refractivity contribution is 5.95. The average molecular weight is 244 g/mol. The molecule has 0 atom stereocenters. The zero-order valence-electron chi connectivity index (χ0n) is 11.4. The number of amides is 1. The number of anilines is 1. The molecule has 0 saturated carbocycles. The molecule has 0 aliphatic rings. The molecule has 0 bridgehead atoms. The lowest BCUT2D eigenvalue weighted by molar-refractivity contribution is -0.123.